The van der Waals surface area contributed by atoms with Gasteiger partial charge in [0.05, 0.1) is 5.56 Å². The Morgan fingerprint density at radius 1 is 1.15 bits per heavy atom. The van der Waals surface area contributed by atoms with E-state index in [0.29, 0.717) is 11.5 Å². The van der Waals surface area contributed by atoms with E-state index in [1.54, 1.807) is 12.1 Å². The van der Waals surface area contributed by atoms with E-state index < -0.39 is 35.0 Å². The zero-order valence-corrected chi connectivity index (χ0v) is 19.9. The highest BCUT2D eigenvalue weighted by Crippen LogP contribution is 2.38. The van der Waals surface area contributed by atoms with E-state index in [0.717, 1.165) is 4.57 Å². The Kier molecular flexibility index (Phi) is 7.14. The number of ketones is 1. The number of rotatable bonds is 8. The molecule has 0 unspecified atom stereocenters. The quantitative estimate of drug-likeness (QED) is 0.482. The molecule has 3 aromatic rings. The summed E-state index contributed by atoms with van der Waals surface area (Å²) in [6, 6.07) is 18.3. The molecule has 3 atom stereocenters. The number of nitrogens with one attached hydrogen (secondary N) is 1. The highest BCUT2D eigenvalue weighted by Gasteiger charge is 2.53. The summed E-state index contributed by atoms with van der Waals surface area (Å²) in [7, 11) is 0. The molecular formula is C25H23BrN2O6. The molecule has 176 valence electrons. The first-order valence-electron chi connectivity index (χ1n) is 10.6. The highest BCUT2D eigenvalue weighted by atomic mass is 79.9. The Bertz CT molecular complexity index is 1290. The molecule has 1 saturated heterocycles. The second kappa shape index (κ2) is 10.2. The molecule has 1 aromatic heterocycles. The van der Waals surface area contributed by atoms with Crippen LogP contribution in [0.4, 0.5) is 0 Å². The van der Waals surface area contributed by atoms with Gasteiger partial charge in [-0.25, -0.2) is 4.79 Å². The van der Waals surface area contributed by atoms with Crippen molar-refractivity contribution in [1.29, 1.82) is 0 Å². The Hall–Kier alpha value is -3.43. The lowest BCUT2D eigenvalue weighted by Gasteiger charge is -2.28. The maximum absolute atomic E-state index is 13.0. The number of benzene rings is 2. The predicted octanol–water partition coefficient (Wildman–Crippen LogP) is 3.46. The fraction of sp³-hybridized carbons (Fsp3) is 0.240. The standard InChI is InChI=1S/C25H23BrN2O6/c1-17(29)25(28-15-18(12-13-26)23(30)27-24(28)31)14-21(33-20-10-6-3-7-11-20)22(34-25)16-32-19-8-4-2-5-9-19/h2-13,15,21-22H,14,16H2,1H3,(H,27,30,31)/b13-12+/t21-,22+,25-/m0/s1. The molecule has 1 N–H and O–H groups in total. The molecule has 2 heterocycles. The van der Waals surface area contributed by atoms with Crippen molar-refractivity contribution in [1.82, 2.24) is 9.55 Å². The summed E-state index contributed by atoms with van der Waals surface area (Å²) < 4.78 is 19.5. The van der Waals surface area contributed by atoms with Crippen molar-refractivity contribution in [3.63, 3.8) is 0 Å². The van der Waals surface area contributed by atoms with Crippen LogP contribution >= 0.6 is 15.9 Å². The largest absolute Gasteiger partial charge is 0.491 e. The maximum Gasteiger partial charge on any atom is 0.331 e. The van der Waals surface area contributed by atoms with E-state index in [4.69, 9.17) is 14.2 Å². The number of H-pyrrole nitrogens is 1. The van der Waals surface area contributed by atoms with Gasteiger partial charge in [-0.05, 0) is 42.3 Å². The van der Waals surface area contributed by atoms with Gasteiger partial charge in [0.25, 0.3) is 5.56 Å². The van der Waals surface area contributed by atoms with Crippen LogP contribution in [0.5, 0.6) is 11.5 Å². The molecule has 8 nitrogen and oxygen atoms in total. The minimum absolute atomic E-state index is 0.0451. The first-order chi connectivity index (χ1) is 16.4. The second-order valence-corrected chi connectivity index (χ2v) is 8.33. The number of aromatic nitrogens is 2. The van der Waals surface area contributed by atoms with E-state index in [1.165, 1.54) is 24.2 Å². The van der Waals surface area contributed by atoms with E-state index >= 15 is 0 Å². The molecule has 0 bridgehead atoms. The zero-order valence-electron chi connectivity index (χ0n) is 18.3. The number of halogens is 1. The lowest BCUT2D eigenvalue weighted by Crippen LogP contribution is -2.49. The van der Waals surface area contributed by atoms with E-state index in [9.17, 15) is 14.4 Å². The van der Waals surface area contributed by atoms with Crippen LogP contribution in [0, 0.1) is 0 Å². The summed E-state index contributed by atoms with van der Waals surface area (Å²) in [6.45, 7) is 1.43. The molecule has 0 saturated carbocycles. The molecule has 1 aliphatic rings. The third kappa shape index (κ3) is 4.90. The lowest BCUT2D eigenvalue weighted by molar-refractivity contribution is -0.159. The van der Waals surface area contributed by atoms with Crippen LogP contribution in [-0.4, -0.2) is 34.1 Å². The number of hydrogen-bond acceptors (Lipinski definition) is 6. The number of carbonyl (C=O) groups is 1. The first-order valence-corrected chi connectivity index (χ1v) is 11.6. The monoisotopic (exact) mass is 526 g/mol. The number of nitrogens with zero attached hydrogens (tertiary/aromatic N) is 1. The topological polar surface area (TPSA) is 99.6 Å². The lowest BCUT2D eigenvalue weighted by atomic mass is 10.0. The molecule has 2 aromatic carbocycles. The Morgan fingerprint density at radius 3 is 2.41 bits per heavy atom. The minimum atomic E-state index is -1.68. The smallest absolute Gasteiger partial charge is 0.331 e. The molecule has 4 rings (SSSR count). The van der Waals surface area contributed by atoms with Gasteiger partial charge >= 0.3 is 5.69 Å². The minimum Gasteiger partial charge on any atom is -0.491 e. The molecule has 9 heteroatoms. The fourth-order valence-electron chi connectivity index (χ4n) is 3.90. The second-order valence-electron chi connectivity index (χ2n) is 7.80. The molecule has 1 aliphatic heterocycles. The van der Waals surface area contributed by atoms with E-state index in [-0.39, 0.29) is 18.6 Å². The number of para-hydroxylation sites is 2. The van der Waals surface area contributed by atoms with Gasteiger partial charge in [-0.15, -0.1) is 0 Å². The summed E-state index contributed by atoms with van der Waals surface area (Å²) >= 11 is 3.13. The summed E-state index contributed by atoms with van der Waals surface area (Å²) in [5, 5.41) is 0. The van der Waals surface area contributed by atoms with Gasteiger partial charge in [0.1, 0.15) is 30.3 Å². The van der Waals surface area contributed by atoms with Crippen molar-refractivity contribution >= 4 is 27.8 Å². The van der Waals surface area contributed by atoms with Gasteiger partial charge in [-0.3, -0.25) is 19.1 Å². The van der Waals surface area contributed by atoms with Crippen LogP contribution in [0.3, 0.4) is 0 Å². The van der Waals surface area contributed by atoms with Gasteiger partial charge in [0.15, 0.2) is 5.78 Å². The molecule has 34 heavy (non-hydrogen) atoms. The maximum atomic E-state index is 13.0. The van der Waals surface area contributed by atoms with Crippen LogP contribution in [0.25, 0.3) is 6.08 Å². The number of Topliss-reactive ketones (excluding diaryl/α,β-unsaturated/α-hetero) is 1. The zero-order chi connectivity index (χ0) is 24.1. The van der Waals surface area contributed by atoms with Gasteiger partial charge in [0, 0.05) is 12.6 Å². The van der Waals surface area contributed by atoms with E-state index in [1.807, 2.05) is 48.5 Å². The average Bonchev–Trinajstić information content (AvgIpc) is 3.20. The normalized spacial score (nSPS) is 22.1. The van der Waals surface area contributed by atoms with Crippen LogP contribution in [0.15, 0.2) is 81.4 Å². The van der Waals surface area contributed by atoms with Crippen molar-refractivity contribution < 1.29 is 19.0 Å². The summed E-state index contributed by atoms with van der Waals surface area (Å²) in [5.41, 5.74) is -2.82. The molecular weight excluding hydrogens is 504 g/mol. The first kappa shape index (κ1) is 23.7. The average molecular weight is 527 g/mol. The van der Waals surface area contributed by atoms with Gasteiger partial charge in [0.2, 0.25) is 5.72 Å². The molecule has 0 radical (unpaired) electrons. The third-order valence-electron chi connectivity index (χ3n) is 5.58. The van der Waals surface area contributed by atoms with Crippen molar-refractivity contribution in [2.45, 2.75) is 31.3 Å². The fourth-order valence-corrected chi connectivity index (χ4v) is 4.18. The third-order valence-corrected chi connectivity index (χ3v) is 5.84. The van der Waals surface area contributed by atoms with Crippen molar-refractivity contribution in [2.75, 3.05) is 6.61 Å². The number of hydrogen-bond donors (Lipinski definition) is 1. The van der Waals surface area contributed by atoms with Crippen molar-refractivity contribution in [3.8, 4) is 11.5 Å². The van der Waals surface area contributed by atoms with Crippen LogP contribution in [-0.2, 0) is 15.3 Å². The van der Waals surface area contributed by atoms with Gasteiger partial charge < -0.3 is 14.2 Å². The van der Waals surface area contributed by atoms with Crippen LogP contribution in [0.1, 0.15) is 18.9 Å². The van der Waals surface area contributed by atoms with Crippen molar-refractivity contribution in [3.05, 3.63) is 98.2 Å². The number of aromatic amines is 1. The van der Waals surface area contributed by atoms with Gasteiger partial charge in [-0.1, -0.05) is 52.3 Å². The Labute approximate surface area is 203 Å². The molecule has 0 spiro atoms. The Morgan fingerprint density at radius 2 is 1.79 bits per heavy atom. The molecule has 1 fully saturated rings. The SMILES string of the molecule is CC(=O)[C@]1(n2cc(/C=C/Br)c(=O)[nH]c2=O)C[C@H](Oc2ccccc2)[C@@H](COc2ccccc2)O1. The summed E-state index contributed by atoms with van der Waals surface area (Å²) in [6.07, 6.45) is 1.55. The highest BCUT2D eigenvalue weighted by molar-refractivity contribution is 9.11. The van der Waals surface area contributed by atoms with E-state index in [2.05, 4.69) is 20.9 Å². The van der Waals surface area contributed by atoms with Gasteiger partial charge in [-0.2, -0.15) is 0 Å². The van der Waals surface area contributed by atoms with Crippen LogP contribution in [0.2, 0.25) is 0 Å². The molecule has 0 amide bonds. The predicted molar refractivity (Wildman–Crippen MR) is 130 cm³/mol. The number of carbonyl (C=O) groups excluding carboxylic acids is 1. The summed E-state index contributed by atoms with van der Waals surface area (Å²) in [5.74, 6) is 0.826. The van der Waals surface area contributed by atoms with Crippen molar-refractivity contribution in [2.24, 2.45) is 0 Å². The summed E-state index contributed by atoms with van der Waals surface area (Å²) in [4.78, 5) is 41.7. The Balaban J connectivity index is 1.73. The number of ether oxygens (including phenoxy) is 3. The van der Waals surface area contributed by atoms with Crippen LogP contribution < -0.4 is 20.7 Å². The molecule has 0 aliphatic carbocycles.